The molecule has 0 bridgehead atoms. The first-order valence-corrected chi connectivity index (χ1v) is 4.90. The number of hydrogen-bond donors (Lipinski definition) is 0. The molecule has 0 saturated heterocycles. The zero-order chi connectivity index (χ0) is 9.42. The standard InChI is InChI=1S/C10H10O2S/c1-6-3-8(12-2)7-5-10(11)13-9(7)4-6/h3-4H,5H2,1-2H3. The van der Waals surface area contributed by atoms with Crippen LogP contribution in [0.5, 0.6) is 5.75 Å². The molecule has 68 valence electrons. The maximum Gasteiger partial charge on any atom is 0.198 e. The van der Waals surface area contributed by atoms with Gasteiger partial charge in [-0.1, -0.05) is 11.8 Å². The van der Waals surface area contributed by atoms with E-state index in [0.717, 1.165) is 21.8 Å². The van der Waals surface area contributed by atoms with Crippen LogP contribution in [-0.2, 0) is 11.2 Å². The first-order valence-electron chi connectivity index (χ1n) is 4.09. The Morgan fingerprint density at radius 3 is 2.92 bits per heavy atom. The molecule has 1 aromatic rings. The summed E-state index contributed by atoms with van der Waals surface area (Å²) in [7, 11) is 1.64. The molecule has 1 aliphatic rings. The average Bonchev–Trinajstić information content (AvgIpc) is 2.43. The molecule has 0 amide bonds. The van der Waals surface area contributed by atoms with Crippen LogP contribution in [0, 0.1) is 6.92 Å². The normalized spacial score (nSPS) is 14.5. The summed E-state index contributed by atoms with van der Waals surface area (Å²) >= 11 is 1.32. The summed E-state index contributed by atoms with van der Waals surface area (Å²) in [5, 5.41) is 0.207. The molecule has 0 radical (unpaired) electrons. The van der Waals surface area contributed by atoms with Crippen LogP contribution in [-0.4, -0.2) is 12.2 Å². The number of rotatable bonds is 1. The van der Waals surface area contributed by atoms with Crippen LogP contribution in [0.4, 0.5) is 0 Å². The highest BCUT2D eigenvalue weighted by Gasteiger charge is 2.23. The lowest BCUT2D eigenvalue weighted by molar-refractivity contribution is -0.110. The van der Waals surface area contributed by atoms with E-state index < -0.39 is 0 Å². The predicted molar refractivity (Wildman–Crippen MR) is 52.3 cm³/mol. The van der Waals surface area contributed by atoms with Gasteiger partial charge in [0.05, 0.1) is 7.11 Å². The third-order valence-electron chi connectivity index (χ3n) is 2.08. The van der Waals surface area contributed by atoms with Crippen LogP contribution in [0.2, 0.25) is 0 Å². The van der Waals surface area contributed by atoms with E-state index in [1.807, 2.05) is 19.1 Å². The number of fused-ring (bicyclic) bond motifs is 1. The molecular formula is C10H10O2S. The smallest absolute Gasteiger partial charge is 0.198 e. The van der Waals surface area contributed by atoms with Crippen LogP contribution in [0.1, 0.15) is 11.1 Å². The van der Waals surface area contributed by atoms with Crippen molar-refractivity contribution < 1.29 is 9.53 Å². The van der Waals surface area contributed by atoms with Gasteiger partial charge in [-0.3, -0.25) is 4.79 Å². The third-order valence-corrected chi connectivity index (χ3v) is 3.03. The Hall–Kier alpha value is -0.960. The number of carbonyl (C=O) groups excluding carboxylic acids is 1. The van der Waals surface area contributed by atoms with Crippen molar-refractivity contribution in [3.63, 3.8) is 0 Å². The quantitative estimate of drug-likeness (QED) is 0.685. The molecular weight excluding hydrogens is 184 g/mol. The fourth-order valence-corrected chi connectivity index (χ4v) is 2.50. The Kier molecular flexibility index (Phi) is 2.04. The molecule has 0 spiro atoms. The Balaban J connectivity index is 2.56. The third kappa shape index (κ3) is 1.44. The molecule has 13 heavy (non-hydrogen) atoms. The van der Waals surface area contributed by atoms with Crippen LogP contribution in [0.15, 0.2) is 17.0 Å². The molecule has 2 nitrogen and oxygen atoms in total. The summed E-state index contributed by atoms with van der Waals surface area (Å²) < 4.78 is 5.22. The van der Waals surface area contributed by atoms with E-state index in [-0.39, 0.29) is 5.12 Å². The monoisotopic (exact) mass is 194 g/mol. The Morgan fingerprint density at radius 1 is 1.46 bits per heavy atom. The van der Waals surface area contributed by atoms with E-state index in [2.05, 4.69) is 0 Å². The summed E-state index contributed by atoms with van der Waals surface area (Å²) in [4.78, 5) is 12.2. The van der Waals surface area contributed by atoms with Crippen molar-refractivity contribution in [2.24, 2.45) is 0 Å². The summed E-state index contributed by atoms with van der Waals surface area (Å²) in [5.41, 5.74) is 2.18. The molecule has 0 fully saturated rings. The van der Waals surface area contributed by atoms with Gasteiger partial charge in [0.25, 0.3) is 0 Å². The second-order valence-corrected chi connectivity index (χ2v) is 4.19. The molecule has 1 aromatic carbocycles. The number of ether oxygens (including phenoxy) is 1. The lowest BCUT2D eigenvalue weighted by atomic mass is 10.1. The van der Waals surface area contributed by atoms with Crippen molar-refractivity contribution in [3.8, 4) is 5.75 Å². The maximum atomic E-state index is 11.2. The van der Waals surface area contributed by atoms with Gasteiger partial charge in [-0.25, -0.2) is 0 Å². The van der Waals surface area contributed by atoms with Crippen LogP contribution in [0.25, 0.3) is 0 Å². The van der Waals surface area contributed by atoms with E-state index in [9.17, 15) is 4.79 Å². The minimum atomic E-state index is 0.207. The van der Waals surface area contributed by atoms with Crippen molar-refractivity contribution in [2.75, 3.05) is 7.11 Å². The van der Waals surface area contributed by atoms with Crippen molar-refractivity contribution in [3.05, 3.63) is 23.3 Å². The van der Waals surface area contributed by atoms with Crippen molar-refractivity contribution in [1.82, 2.24) is 0 Å². The molecule has 0 aliphatic carbocycles. The average molecular weight is 194 g/mol. The first kappa shape index (κ1) is 8.63. The molecule has 0 N–H and O–H groups in total. The highest BCUT2D eigenvalue weighted by Crippen LogP contribution is 2.38. The van der Waals surface area contributed by atoms with Gasteiger partial charge in [0.15, 0.2) is 5.12 Å². The van der Waals surface area contributed by atoms with Gasteiger partial charge in [-0.2, -0.15) is 0 Å². The summed E-state index contributed by atoms with van der Waals surface area (Å²) in [6, 6.07) is 4.01. The maximum absolute atomic E-state index is 11.2. The van der Waals surface area contributed by atoms with E-state index in [4.69, 9.17) is 4.74 Å². The molecule has 1 heterocycles. The fraction of sp³-hybridized carbons (Fsp3) is 0.300. The van der Waals surface area contributed by atoms with Gasteiger partial charge in [-0.05, 0) is 24.6 Å². The Morgan fingerprint density at radius 2 is 2.23 bits per heavy atom. The topological polar surface area (TPSA) is 26.3 Å². The summed E-state index contributed by atoms with van der Waals surface area (Å²) in [6.45, 7) is 2.01. The fourth-order valence-electron chi connectivity index (χ4n) is 1.50. The van der Waals surface area contributed by atoms with Gasteiger partial charge < -0.3 is 4.74 Å². The van der Waals surface area contributed by atoms with E-state index in [1.54, 1.807) is 7.11 Å². The largest absolute Gasteiger partial charge is 0.496 e. The Labute approximate surface area is 81.3 Å². The van der Waals surface area contributed by atoms with Crippen molar-refractivity contribution >= 4 is 16.9 Å². The van der Waals surface area contributed by atoms with Gasteiger partial charge >= 0.3 is 0 Å². The van der Waals surface area contributed by atoms with Crippen molar-refractivity contribution in [2.45, 2.75) is 18.2 Å². The zero-order valence-electron chi connectivity index (χ0n) is 7.59. The zero-order valence-corrected chi connectivity index (χ0v) is 8.40. The lowest BCUT2D eigenvalue weighted by Crippen LogP contribution is -1.93. The number of methoxy groups -OCH3 is 1. The minimum absolute atomic E-state index is 0.207. The highest BCUT2D eigenvalue weighted by atomic mass is 32.2. The number of benzene rings is 1. The van der Waals surface area contributed by atoms with E-state index in [1.165, 1.54) is 11.8 Å². The van der Waals surface area contributed by atoms with Crippen molar-refractivity contribution in [1.29, 1.82) is 0 Å². The summed E-state index contributed by atoms with van der Waals surface area (Å²) in [5.74, 6) is 0.841. The highest BCUT2D eigenvalue weighted by molar-refractivity contribution is 8.14. The van der Waals surface area contributed by atoms with E-state index >= 15 is 0 Å². The summed E-state index contributed by atoms with van der Waals surface area (Å²) in [6.07, 6.45) is 0.503. The van der Waals surface area contributed by atoms with Crippen LogP contribution in [0.3, 0.4) is 0 Å². The number of hydrogen-bond acceptors (Lipinski definition) is 3. The van der Waals surface area contributed by atoms with Gasteiger partial charge in [-0.15, -0.1) is 0 Å². The molecule has 1 aliphatic heterocycles. The molecule has 0 atom stereocenters. The SMILES string of the molecule is COc1cc(C)cc2c1CC(=O)S2. The number of aryl methyl sites for hydroxylation is 1. The Bertz CT molecular complexity index is 371. The van der Waals surface area contributed by atoms with Gasteiger partial charge in [0.2, 0.25) is 0 Å². The van der Waals surface area contributed by atoms with E-state index in [0.29, 0.717) is 6.42 Å². The molecule has 3 heteroatoms. The van der Waals surface area contributed by atoms with Gasteiger partial charge in [0, 0.05) is 16.9 Å². The van der Waals surface area contributed by atoms with Crippen LogP contribution < -0.4 is 4.74 Å². The molecule has 2 rings (SSSR count). The molecule has 0 aromatic heterocycles. The molecule has 0 unspecified atom stereocenters. The second-order valence-electron chi connectivity index (χ2n) is 3.09. The lowest BCUT2D eigenvalue weighted by Gasteiger charge is -2.06. The first-order chi connectivity index (χ1) is 6.20. The minimum Gasteiger partial charge on any atom is -0.496 e. The van der Waals surface area contributed by atoms with Gasteiger partial charge in [0.1, 0.15) is 5.75 Å². The number of carbonyl (C=O) groups is 1. The predicted octanol–water partition coefficient (Wildman–Crippen LogP) is 2.18. The molecule has 0 saturated carbocycles. The second kappa shape index (κ2) is 3.07. The van der Waals surface area contributed by atoms with Crippen LogP contribution >= 0.6 is 11.8 Å². The number of thioether (sulfide) groups is 1.